The Morgan fingerprint density at radius 3 is 3.00 bits per heavy atom. The monoisotopic (exact) mass is 199 g/mol. The van der Waals surface area contributed by atoms with Crippen molar-refractivity contribution in [3.63, 3.8) is 0 Å². The van der Waals surface area contributed by atoms with Crippen LogP contribution in [0.1, 0.15) is 19.8 Å². The first-order valence-corrected chi connectivity index (χ1v) is 4.61. The topological polar surface area (TPSA) is 47.0 Å². The molecule has 1 N–H and O–H groups in total. The van der Waals surface area contributed by atoms with Gasteiger partial charge in [0, 0.05) is 7.05 Å². The number of unbranched alkanes of at least 4 members (excludes halogenated alkanes) is 1. The van der Waals surface area contributed by atoms with Crippen molar-refractivity contribution in [3.8, 4) is 6.01 Å². The maximum Gasteiger partial charge on any atom is 0.318 e. The van der Waals surface area contributed by atoms with Crippen molar-refractivity contribution >= 4 is 5.82 Å². The number of hydrogen-bond donors (Lipinski definition) is 1. The number of aromatic nitrogens is 2. The Morgan fingerprint density at radius 2 is 2.36 bits per heavy atom. The molecule has 0 unspecified atom stereocenters. The lowest BCUT2D eigenvalue weighted by Crippen LogP contribution is -2.04. The zero-order valence-electron chi connectivity index (χ0n) is 8.38. The van der Waals surface area contributed by atoms with Crippen molar-refractivity contribution in [2.45, 2.75) is 19.8 Å². The van der Waals surface area contributed by atoms with E-state index in [2.05, 4.69) is 22.2 Å². The predicted molar refractivity (Wildman–Crippen MR) is 51.9 cm³/mol. The molecule has 4 nitrogen and oxygen atoms in total. The second-order valence-corrected chi connectivity index (χ2v) is 2.80. The Morgan fingerprint density at radius 1 is 1.57 bits per heavy atom. The van der Waals surface area contributed by atoms with E-state index >= 15 is 0 Å². The smallest absolute Gasteiger partial charge is 0.318 e. The standard InChI is InChI=1S/C9H14FN3O/c1-3-4-5-14-9-12-6-7(10)8(11-2)13-9/h6H,3-5H2,1-2H3,(H,11,12,13). The van der Waals surface area contributed by atoms with Crippen molar-refractivity contribution in [2.24, 2.45) is 0 Å². The van der Waals surface area contributed by atoms with Gasteiger partial charge in [-0.1, -0.05) is 13.3 Å². The molecular weight excluding hydrogens is 185 g/mol. The molecule has 0 spiro atoms. The van der Waals surface area contributed by atoms with Crippen molar-refractivity contribution in [1.29, 1.82) is 0 Å². The molecule has 0 radical (unpaired) electrons. The molecule has 1 aromatic heterocycles. The van der Waals surface area contributed by atoms with Crippen molar-refractivity contribution in [3.05, 3.63) is 12.0 Å². The SMILES string of the molecule is CCCCOc1ncc(F)c(NC)n1. The molecule has 0 fully saturated rings. The minimum Gasteiger partial charge on any atom is -0.463 e. The lowest BCUT2D eigenvalue weighted by Gasteiger charge is -2.05. The average molecular weight is 199 g/mol. The van der Waals surface area contributed by atoms with Gasteiger partial charge >= 0.3 is 6.01 Å². The van der Waals surface area contributed by atoms with Crippen LogP contribution < -0.4 is 10.1 Å². The summed E-state index contributed by atoms with van der Waals surface area (Å²) in [4.78, 5) is 7.55. The van der Waals surface area contributed by atoms with Gasteiger partial charge in [-0.05, 0) is 6.42 Å². The molecule has 0 aromatic carbocycles. The number of rotatable bonds is 5. The van der Waals surface area contributed by atoms with Gasteiger partial charge in [-0.3, -0.25) is 0 Å². The second kappa shape index (κ2) is 5.36. The molecule has 5 heteroatoms. The van der Waals surface area contributed by atoms with Gasteiger partial charge in [-0.25, -0.2) is 9.37 Å². The van der Waals surface area contributed by atoms with Crippen LogP contribution in [0.2, 0.25) is 0 Å². The molecule has 1 heterocycles. The number of nitrogens with one attached hydrogen (secondary N) is 1. The van der Waals surface area contributed by atoms with E-state index < -0.39 is 5.82 Å². The van der Waals surface area contributed by atoms with Gasteiger partial charge < -0.3 is 10.1 Å². The van der Waals surface area contributed by atoms with Gasteiger partial charge in [0.15, 0.2) is 11.6 Å². The van der Waals surface area contributed by atoms with E-state index in [1.54, 1.807) is 7.05 Å². The third kappa shape index (κ3) is 2.83. The van der Waals surface area contributed by atoms with E-state index in [0.29, 0.717) is 6.61 Å². The van der Waals surface area contributed by atoms with Gasteiger partial charge in [0.1, 0.15) is 0 Å². The van der Waals surface area contributed by atoms with Gasteiger partial charge in [0.25, 0.3) is 0 Å². The molecule has 1 aromatic rings. The first kappa shape index (κ1) is 10.7. The van der Waals surface area contributed by atoms with Gasteiger partial charge in [0.05, 0.1) is 12.8 Å². The van der Waals surface area contributed by atoms with Crippen molar-refractivity contribution in [1.82, 2.24) is 9.97 Å². The molecule has 0 aliphatic carbocycles. The van der Waals surface area contributed by atoms with Crippen molar-refractivity contribution < 1.29 is 9.13 Å². The Labute approximate surface area is 82.5 Å². The minimum atomic E-state index is -0.477. The summed E-state index contributed by atoms with van der Waals surface area (Å²) >= 11 is 0. The largest absolute Gasteiger partial charge is 0.463 e. The highest BCUT2D eigenvalue weighted by Gasteiger charge is 2.05. The van der Waals surface area contributed by atoms with Gasteiger partial charge in [-0.15, -0.1) is 0 Å². The van der Waals surface area contributed by atoms with Gasteiger partial charge in [0.2, 0.25) is 0 Å². The third-order valence-corrected chi connectivity index (χ3v) is 1.69. The fraction of sp³-hybridized carbons (Fsp3) is 0.556. The molecule has 0 amide bonds. The van der Waals surface area contributed by atoms with Crippen LogP contribution in [0.25, 0.3) is 0 Å². The number of anilines is 1. The number of nitrogens with zero attached hydrogens (tertiary/aromatic N) is 2. The van der Waals surface area contributed by atoms with Gasteiger partial charge in [-0.2, -0.15) is 4.98 Å². The maximum absolute atomic E-state index is 12.9. The first-order valence-electron chi connectivity index (χ1n) is 4.61. The fourth-order valence-corrected chi connectivity index (χ4v) is 0.904. The van der Waals surface area contributed by atoms with E-state index in [1.165, 1.54) is 0 Å². The summed E-state index contributed by atoms with van der Waals surface area (Å²) in [5.41, 5.74) is 0. The molecule has 0 atom stereocenters. The molecule has 14 heavy (non-hydrogen) atoms. The Kier molecular flexibility index (Phi) is 4.10. The maximum atomic E-state index is 12.9. The highest BCUT2D eigenvalue weighted by Crippen LogP contribution is 2.12. The summed E-state index contributed by atoms with van der Waals surface area (Å²) in [6.07, 6.45) is 3.08. The zero-order valence-corrected chi connectivity index (χ0v) is 8.38. The highest BCUT2D eigenvalue weighted by atomic mass is 19.1. The lowest BCUT2D eigenvalue weighted by molar-refractivity contribution is 0.284. The molecule has 0 aliphatic rings. The summed E-state index contributed by atoms with van der Waals surface area (Å²) < 4.78 is 18.1. The summed E-state index contributed by atoms with van der Waals surface area (Å²) in [6, 6.07) is 0.212. The second-order valence-electron chi connectivity index (χ2n) is 2.80. The van der Waals surface area contributed by atoms with Crippen molar-refractivity contribution in [2.75, 3.05) is 19.0 Å². The van der Waals surface area contributed by atoms with Crippen LogP contribution in [0.15, 0.2) is 6.20 Å². The molecule has 0 saturated carbocycles. The Hall–Kier alpha value is -1.39. The molecule has 78 valence electrons. The average Bonchev–Trinajstić information content (AvgIpc) is 2.21. The molecule has 1 rings (SSSR count). The van der Waals surface area contributed by atoms with E-state index in [0.717, 1.165) is 19.0 Å². The van der Waals surface area contributed by atoms with E-state index in [4.69, 9.17) is 4.74 Å². The third-order valence-electron chi connectivity index (χ3n) is 1.69. The summed E-state index contributed by atoms with van der Waals surface area (Å²) in [6.45, 7) is 2.62. The van der Waals surface area contributed by atoms with E-state index in [1.807, 2.05) is 0 Å². The number of halogens is 1. The normalized spacial score (nSPS) is 9.93. The summed E-state index contributed by atoms with van der Waals surface area (Å²) in [7, 11) is 1.60. The predicted octanol–water partition coefficient (Wildman–Crippen LogP) is 1.84. The molecule has 0 aliphatic heterocycles. The molecular formula is C9H14FN3O. The van der Waals surface area contributed by atoms with Crippen LogP contribution in [0.4, 0.5) is 10.2 Å². The molecule has 0 saturated heterocycles. The quantitative estimate of drug-likeness (QED) is 0.735. The van der Waals surface area contributed by atoms with Crippen LogP contribution in [0.5, 0.6) is 6.01 Å². The summed E-state index contributed by atoms with van der Waals surface area (Å²) in [5, 5.41) is 2.62. The lowest BCUT2D eigenvalue weighted by atomic mass is 10.4. The van der Waals surface area contributed by atoms with Crippen LogP contribution in [-0.4, -0.2) is 23.6 Å². The van der Waals surface area contributed by atoms with Crippen LogP contribution >= 0.6 is 0 Å². The Balaban J connectivity index is 2.60. The van der Waals surface area contributed by atoms with Crippen LogP contribution in [0.3, 0.4) is 0 Å². The van der Waals surface area contributed by atoms with Crippen LogP contribution in [0, 0.1) is 5.82 Å². The fourth-order valence-electron chi connectivity index (χ4n) is 0.904. The number of hydrogen-bond acceptors (Lipinski definition) is 4. The van der Waals surface area contributed by atoms with E-state index in [9.17, 15) is 4.39 Å². The zero-order chi connectivity index (χ0) is 10.4. The Bertz CT molecular complexity index is 293. The minimum absolute atomic E-state index is 0.159. The summed E-state index contributed by atoms with van der Waals surface area (Å²) in [5.74, 6) is -0.318. The van der Waals surface area contributed by atoms with Crippen LogP contribution in [-0.2, 0) is 0 Å². The molecule has 0 bridgehead atoms. The highest BCUT2D eigenvalue weighted by molar-refractivity contribution is 5.34. The number of ether oxygens (including phenoxy) is 1. The van der Waals surface area contributed by atoms with E-state index in [-0.39, 0.29) is 11.8 Å². The first-order chi connectivity index (χ1) is 6.77.